The largest absolute Gasteiger partial charge is 0.304 e. The predicted molar refractivity (Wildman–Crippen MR) is 76.8 cm³/mol. The Hall–Kier alpha value is -2.82. The smallest absolute Gasteiger partial charge is 0.230 e. The molecule has 0 amide bonds. The number of hydrogen-bond acceptors (Lipinski definition) is 4. The standard InChI is InChI=1S/C16H12N4O/c21-14-13-4-2-1-3-11(13)7-10-20-15(18-19-16(14)20)12-5-8-17-9-6-12/h1-6,8-9H,7,10H2. The van der Waals surface area contributed by atoms with Crippen LogP contribution in [0.3, 0.4) is 0 Å². The molecule has 0 N–H and O–H groups in total. The van der Waals surface area contributed by atoms with Crippen molar-refractivity contribution < 1.29 is 4.79 Å². The summed E-state index contributed by atoms with van der Waals surface area (Å²) in [4.78, 5) is 16.6. The van der Waals surface area contributed by atoms with Crippen LogP contribution in [0, 0.1) is 0 Å². The number of benzene rings is 1. The van der Waals surface area contributed by atoms with E-state index in [0.29, 0.717) is 18.2 Å². The van der Waals surface area contributed by atoms with E-state index in [-0.39, 0.29) is 5.78 Å². The lowest BCUT2D eigenvalue weighted by Crippen LogP contribution is -2.09. The molecule has 1 aliphatic rings. The molecule has 0 saturated carbocycles. The van der Waals surface area contributed by atoms with Gasteiger partial charge in [-0.15, -0.1) is 10.2 Å². The molecule has 3 heterocycles. The Kier molecular flexibility index (Phi) is 2.64. The second-order valence-electron chi connectivity index (χ2n) is 4.97. The van der Waals surface area contributed by atoms with Gasteiger partial charge in [-0.3, -0.25) is 9.78 Å². The summed E-state index contributed by atoms with van der Waals surface area (Å²) in [6.45, 7) is 0.697. The third-order valence-corrected chi connectivity index (χ3v) is 3.76. The average Bonchev–Trinajstić information content (AvgIpc) is 2.91. The van der Waals surface area contributed by atoms with Crippen LogP contribution in [0.4, 0.5) is 0 Å². The SMILES string of the molecule is O=C1c2ccccc2CCn2c1nnc2-c1ccncc1. The van der Waals surface area contributed by atoms with Gasteiger partial charge in [0, 0.05) is 30.1 Å². The third kappa shape index (κ3) is 1.86. The van der Waals surface area contributed by atoms with Crippen LogP contribution in [0.5, 0.6) is 0 Å². The maximum absolute atomic E-state index is 12.6. The van der Waals surface area contributed by atoms with E-state index in [2.05, 4.69) is 15.2 Å². The highest BCUT2D eigenvalue weighted by atomic mass is 16.1. The molecule has 0 saturated heterocycles. The second-order valence-corrected chi connectivity index (χ2v) is 4.97. The van der Waals surface area contributed by atoms with Gasteiger partial charge < -0.3 is 4.57 Å². The van der Waals surface area contributed by atoms with Crippen molar-refractivity contribution in [3.8, 4) is 11.4 Å². The van der Waals surface area contributed by atoms with E-state index >= 15 is 0 Å². The van der Waals surface area contributed by atoms with Gasteiger partial charge in [-0.1, -0.05) is 24.3 Å². The van der Waals surface area contributed by atoms with Crippen LogP contribution >= 0.6 is 0 Å². The van der Waals surface area contributed by atoms with E-state index in [1.54, 1.807) is 12.4 Å². The quantitative estimate of drug-likeness (QED) is 0.683. The number of fused-ring (bicyclic) bond motifs is 2. The number of carbonyl (C=O) groups excluding carboxylic acids is 1. The van der Waals surface area contributed by atoms with Crippen molar-refractivity contribution in [3.63, 3.8) is 0 Å². The monoisotopic (exact) mass is 276 g/mol. The first-order valence-electron chi connectivity index (χ1n) is 6.81. The number of aryl methyl sites for hydroxylation is 1. The molecule has 2 aromatic heterocycles. The maximum atomic E-state index is 12.6. The van der Waals surface area contributed by atoms with Crippen molar-refractivity contribution in [3.05, 3.63) is 65.7 Å². The first-order valence-corrected chi connectivity index (χ1v) is 6.81. The zero-order chi connectivity index (χ0) is 14.2. The highest BCUT2D eigenvalue weighted by Gasteiger charge is 2.25. The minimum absolute atomic E-state index is 0.0593. The Morgan fingerprint density at radius 1 is 0.952 bits per heavy atom. The first kappa shape index (κ1) is 12.0. The summed E-state index contributed by atoms with van der Waals surface area (Å²) in [5, 5.41) is 8.31. The van der Waals surface area contributed by atoms with Gasteiger partial charge in [0.1, 0.15) is 0 Å². The zero-order valence-electron chi connectivity index (χ0n) is 11.2. The van der Waals surface area contributed by atoms with Gasteiger partial charge in [-0.25, -0.2) is 0 Å². The fourth-order valence-corrected chi connectivity index (χ4v) is 2.71. The molecule has 0 spiro atoms. The summed E-state index contributed by atoms with van der Waals surface area (Å²) in [5.41, 5.74) is 2.71. The van der Waals surface area contributed by atoms with E-state index < -0.39 is 0 Å². The zero-order valence-corrected chi connectivity index (χ0v) is 11.2. The minimum atomic E-state index is -0.0593. The van der Waals surface area contributed by atoms with Crippen molar-refractivity contribution in [2.75, 3.05) is 0 Å². The van der Waals surface area contributed by atoms with Crippen LogP contribution in [0.1, 0.15) is 21.7 Å². The number of rotatable bonds is 1. The molecule has 0 fully saturated rings. The second kappa shape index (κ2) is 4.63. The maximum Gasteiger partial charge on any atom is 0.230 e. The normalized spacial score (nSPS) is 13.4. The third-order valence-electron chi connectivity index (χ3n) is 3.76. The number of carbonyl (C=O) groups is 1. The van der Waals surface area contributed by atoms with Crippen LogP contribution in [0.15, 0.2) is 48.8 Å². The molecule has 0 unspecified atom stereocenters. The van der Waals surface area contributed by atoms with Crippen LogP contribution in [0.2, 0.25) is 0 Å². The number of hydrogen-bond donors (Lipinski definition) is 0. The summed E-state index contributed by atoms with van der Waals surface area (Å²) in [7, 11) is 0. The van der Waals surface area contributed by atoms with Crippen LogP contribution in [0.25, 0.3) is 11.4 Å². The van der Waals surface area contributed by atoms with Gasteiger partial charge in [0.2, 0.25) is 11.6 Å². The summed E-state index contributed by atoms with van der Waals surface area (Å²) in [6.07, 6.45) is 4.22. The average molecular weight is 276 g/mol. The Bertz CT molecular complexity index is 823. The molecule has 1 aliphatic heterocycles. The van der Waals surface area contributed by atoms with Gasteiger partial charge >= 0.3 is 0 Å². The summed E-state index contributed by atoms with van der Waals surface area (Å²) in [6, 6.07) is 11.4. The molecule has 0 aliphatic carbocycles. The Balaban J connectivity index is 1.87. The molecule has 5 nitrogen and oxygen atoms in total. The van der Waals surface area contributed by atoms with Crippen LogP contribution in [-0.4, -0.2) is 25.5 Å². The highest BCUT2D eigenvalue weighted by Crippen LogP contribution is 2.24. The summed E-state index contributed by atoms with van der Waals surface area (Å²) >= 11 is 0. The van der Waals surface area contributed by atoms with Gasteiger partial charge in [-0.05, 0) is 24.1 Å². The fourth-order valence-electron chi connectivity index (χ4n) is 2.71. The summed E-state index contributed by atoms with van der Waals surface area (Å²) < 4.78 is 1.90. The fraction of sp³-hybridized carbons (Fsp3) is 0.125. The van der Waals surface area contributed by atoms with Gasteiger partial charge in [0.05, 0.1) is 0 Å². The number of pyridine rings is 1. The first-order chi connectivity index (χ1) is 10.3. The molecule has 4 rings (SSSR count). The molecule has 1 aromatic carbocycles. The lowest BCUT2D eigenvalue weighted by molar-refractivity contribution is 0.102. The molecule has 21 heavy (non-hydrogen) atoms. The molecule has 5 heteroatoms. The van der Waals surface area contributed by atoms with E-state index in [1.165, 1.54) is 0 Å². The number of ketones is 1. The molecule has 0 bridgehead atoms. The Labute approximate surface area is 121 Å². The lowest BCUT2D eigenvalue weighted by Gasteiger charge is -2.05. The van der Waals surface area contributed by atoms with E-state index in [1.807, 2.05) is 41.0 Å². The molecule has 0 radical (unpaired) electrons. The summed E-state index contributed by atoms with van der Waals surface area (Å²) in [5.74, 6) is 1.07. The van der Waals surface area contributed by atoms with Crippen LogP contribution < -0.4 is 0 Å². The predicted octanol–water partition coefficient (Wildman–Crippen LogP) is 2.13. The highest BCUT2D eigenvalue weighted by molar-refractivity contribution is 6.08. The number of aromatic nitrogens is 4. The van der Waals surface area contributed by atoms with E-state index in [4.69, 9.17) is 0 Å². The van der Waals surface area contributed by atoms with Crippen molar-refractivity contribution in [1.29, 1.82) is 0 Å². The Morgan fingerprint density at radius 3 is 2.57 bits per heavy atom. The van der Waals surface area contributed by atoms with E-state index in [0.717, 1.165) is 23.1 Å². The van der Waals surface area contributed by atoms with Gasteiger partial charge in [0.15, 0.2) is 5.82 Å². The van der Waals surface area contributed by atoms with Crippen molar-refractivity contribution in [2.45, 2.75) is 13.0 Å². The van der Waals surface area contributed by atoms with Gasteiger partial charge in [0.25, 0.3) is 0 Å². The van der Waals surface area contributed by atoms with Crippen molar-refractivity contribution in [2.24, 2.45) is 0 Å². The van der Waals surface area contributed by atoms with E-state index in [9.17, 15) is 4.79 Å². The Morgan fingerprint density at radius 2 is 1.71 bits per heavy atom. The molecule has 0 atom stereocenters. The minimum Gasteiger partial charge on any atom is -0.304 e. The van der Waals surface area contributed by atoms with Gasteiger partial charge in [-0.2, -0.15) is 0 Å². The lowest BCUT2D eigenvalue weighted by atomic mass is 10.0. The van der Waals surface area contributed by atoms with Crippen molar-refractivity contribution >= 4 is 5.78 Å². The molecular formula is C16H12N4O. The van der Waals surface area contributed by atoms with Crippen molar-refractivity contribution in [1.82, 2.24) is 19.7 Å². The molecular weight excluding hydrogens is 264 g/mol. The topological polar surface area (TPSA) is 60.7 Å². The molecule has 3 aromatic rings. The number of nitrogens with zero attached hydrogens (tertiary/aromatic N) is 4. The van der Waals surface area contributed by atoms with Crippen LogP contribution in [-0.2, 0) is 13.0 Å². The molecule has 102 valence electrons.